The topological polar surface area (TPSA) is 87.5 Å². The number of carbonyl (C=O) groups is 1. The van der Waals surface area contributed by atoms with E-state index in [-0.39, 0.29) is 17.8 Å². The highest BCUT2D eigenvalue weighted by molar-refractivity contribution is 7.99. The number of ether oxygens (including phenoxy) is 3. The molecule has 1 heterocycles. The number of rotatable bonds is 10. The molecule has 0 aliphatic rings. The Morgan fingerprint density at radius 1 is 1.00 bits per heavy atom. The van der Waals surface area contributed by atoms with Crippen molar-refractivity contribution in [3.05, 3.63) is 54.4 Å². The van der Waals surface area contributed by atoms with E-state index in [1.807, 2.05) is 66.9 Å². The Morgan fingerprint density at radius 2 is 1.61 bits per heavy atom. The molecule has 0 aliphatic carbocycles. The lowest BCUT2D eigenvalue weighted by Crippen LogP contribution is -2.14. The van der Waals surface area contributed by atoms with Crippen LogP contribution < -0.4 is 14.8 Å². The third-order valence-electron chi connectivity index (χ3n) is 4.26. The first-order valence-electron chi connectivity index (χ1n) is 9.79. The highest BCUT2D eigenvalue weighted by Crippen LogP contribution is 2.25. The second-order valence-corrected chi connectivity index (χ2v) is 7.78. The summed E-state index contributed by atoms with van der Waals surface area (Å²) >= 11 is 1.29. The minimum absolute atomic E-state index is 0.151. The van der Waals surface area contributed by atoms with Crippen LogP contribution >= 0.6 is 11.8 Å². The summed E-state index contributed by atoms with van der Waals surface area (Å²) in [5.41, 5.74) is 1.80. The molecule has 9 heteroatoms. The highest BCUT2D eigenvalue weighted by atomic mass is 32.2. The van der Waals surface area contributed by atoms with Crippen LogP contribution in [0.1, 0.15) is 19.7 Å². The van der Waals surface area contributed by atoms with E-state index in [1.54, 1.807) is 14.2 Å². The molecule has 0 saturated heterocycles. The summed E-state index contributed by atoms with van der Waals surface area (Å²) in [6.07, 6.45) is -0.156. The summed E-state index contributed by atoms with van der Waals surface area (Å²) in [6, 6.07) is 15.2. The first kappa shape index (κ1) is 22.5. The molecule has 0 aliphatic heterocycles. The van der Waals surface area contributed by atoms with Gasteiger partial charge in [-0.1, -0.05) is 11.8 Å². The molecule has 0 radical (unpaired) electrons. The van der Waals surface area contributed by atoms with Crippen molar-refractivity contribution in [2.75, 3.05) is 25.3 Å². The van der Waals surface area contributed by atoms with E-state index in [4.69, 9.17) is 14.2 Å². The molecule has 0 bridgehead atoms. The Bertz CT molecular complexity index is 988. The maximum atomic E-state index is 12.0. The SMILES string of the molecule is COc1ccc(NCc2nnc(SCC(=O)OC(C)C)n2-c2ccc(OC)cc2)cc1. The standard InChI is InChI=1S/C22H26N4O4S/c1-15(2)30-21(27)14-31-22-25-24-20(13-23-16-5-9-18(28-3)10-6-16)26(22)17-7-11-19(29-4)12-8-17/h5-12,15,23H,13-14H2,1-4H3. The average molecular weight is 443 g/mol. The van der Waals surface area contributed by atoms with Crippen LogP contribution in [0.25, 0.3) is 5.69 Å². The van der Waals surface area contributed by atoms with Crippen LogP contribution in [0.15, 0.2) is 53.7 Å². The van der Waals surface area contributed by atoms with Gasteiger partial charge in [0.1, 0.15) is 11.5 Å². The number of nitrogens with zero attached hydrogens (tertiary/aromatic N) is 3. The van der Waals surface area contributed by atoms with Crippen molar-refractivity contribution in [3.8, 4) is 17.2 Å². The minimum atomic E-state index is -0.290. The molecule has 1 N–H and O–H groups in total. The van der Waals surface area contributed by atoms with E-state index in [0.29, 0.717) is 17.5 Å². The molecule has 0 spiro atoms. The van der Waals surface area contributed by atoms with Gasteiger partial charge in [0.25, 0.3) is 0 Å². The van der Waals surface area contributed by atoms with Crippen LogP contribution in [0.2, 0.25) is 0 Å². The van der Waals surface area contributed by atoms with Crippen LogP contribution in [-0.2, 0) is 16.1 Å². The summed E-state index contributed by atoms with van der Waals surface area (Å²) in [7, 11) is 3.26. The number of nitrogens with one attached hydrogen (secondary N) is 1. The predicted molar refractivity (Wildman–Crippen MR) is 120 cm³/mol. The number of aromatic nitrogens is 3. The van der Waals surface area contributed by atoms with E-state index in [0.717, 1.165) is 22.9 Å². The van der Waals surface area contributed by atoms with E-state index >= 15 is 0 Å². The molecule has 8 nitrogen and oxygen atoms in total. The molecule has 0 amide bonds. The predicted octanol–water partition coefficient (Wildman–Crippen LogP) is 3.94. The van der Waals surface area contributed by atoms with Gasteiger partial charge in [-0.05, 0) is 62.4 Å². The number of hydrogen-bond donors (Lipinski definition) is 1. The molecule has 0 saturated carbocycles. The zero-order chi connectivity index (χ0) is 22.2. The fraction of sp³-hybridized carbons (Fsp3) is 0.318. The number of methoxy groups -OCH3 is 2. The van der Waals surface area contributed by atoms with E-state index in [2.05, 4.69) is 15.5 Å². The zero-order valence-corrected chi connectivity index (χ0v) is 18.8. The molecule has 1 aromatic heterocycles. The minimum Gasteiger partial charge on any atom is -0.497 e. The highest BCUT2D eigenvalue weighted by Gasteiger charge is 2.17. The Morgan fingerprint density at radius 3 is 2.19 bits per heavy atom. The van der Waals surface area contributed by atoms with Crippen molar-refractivity contribution in [2.24, 2.45) is 0 Å². The summed E-state index contributed by atoms with van der Waals surface area (Å²) < 4.78 is 17.6. The lowest BCUT2D eigenvalue weighted by molar-refractivity contribution is -0.144. The van der Waals surface area contributed by atoms with Crippen LogP contribution in [0, 0.1) is 0 Å². The Hall–Kier alpha value is -3.20. The quantitative estimate of drug-likeness (QED) is 0.373. The number of benzene rings is 2. The molecular formula is C22H26N4O4S. The second kappa shape index (κ2) is 10.7. The fourth-order valence-corrected chi connectivity index (χ4v) is 3.56. The fourth-order valence-electron chi connectivity index (χ4n) is 2.81. The van der Waals surface area contributed by atoms with Gasteiger partial charge in [0.05, 0.1) is 32.6 Å². The van der Waals surface area contributed by atoms with Gasteiger partial charge in [-0.2, -0.15) is 0 Å². The Kier molecular flexibility index (Phi) is 7.77. The molecular weight excluding hydrogens is 416 g/mol. The number of esters is 1. The Balaban J connectivity index is 1.81. The van der Waals surface area contributed by atoms with Crippen molar-refractivity contribution in [3.63, 3.8) is 0 Å². The van der Waals surface area contributed by atoms with Gasteiger partial charge in [0.15, 0.2) is 11.0 Å². The van der Waals surface area contributed by atoms with Crippen LogP contribution in [0.5, 0.6) is 11.5 Å². The zero-order valence-electron chi connectivity index (χ0n) is 18.0. The van der Waals surface area contributed by atoms with Gasteiger partial charge in [-0.25, -0.2) is 0 Å². The van der Waals surface area contributed by atoms with Gasteiger partial charge in [-0.15, -0.1) is 10.2 Å². The first-order chi connectivity index (χ1) is 15.0. The number of hydrogen-bond acceptors (Lipinski definition) is 8. The third-order valence-corrected chi connectivity index (χ3v) is 5.16. The van der Waals surface area contributed by atoms with Gasteiger partial charge >= 0.3 is 5.97 Å². The van der Waals surface area contributed by atoms with Crippen molar-refractivity contribution in [1.29, 1.82) is 0 Å². The smallest absolute Gasteiger partial charge is 0.316 e. The van der Waals surface area contributed by atoms with Crippen molar-refractivity contribution in [2.45, 2.75) is 31.7 Å². The maximum absolute atomic E-state index is 12.0. The van der Waals surface area contributed by atoms with Crippen molar-refractivity contribution < 1.29 is 19.0 Å². The van der Waals surface area contributed by atoms with Crippen LogP contribution in [0.3, 0.4) is 0 Å². The molecule has 164 valence electrons. The van der Waals surface area contributed by atoms with Crippen LogP contribution in [-0.4, -0.2) is 46.8 Å². The lowest BCUT2D eigenvalue weighted by atomic mass is 10.3. The number of thioether (sulfide) groups is 1. The number of anilines is 1. The molecule has 31 heavy (non-hydrogen) atoms. The normalized spacial score (nSPS) is 10.7. The first-order valence-corrected chi connectivity index (χ1v) is 10.8. The maximum Gasteiger partial charge on any atom is 0.316 e. The molecule has 3 aromatic rings. The van der Waals surface area contributed by atoms with E-state index < -0.39 is 0 Å². The largest absolute Gasteiger partial charge is 0.497 e. The van der Waals surface area contributed by atoms with Gasteiger partial charge in [0, 0.05) is 11.4 Å². The molecule has 0 unspecified atom stereocenters. The van der Waals surface area contributed by atoms with Crippen molar-refractivity contribution >= 4 is 23.4 Å². The summed E-state index contributed by atoms with van der Waals surface area (Å²) in [4.78, 5) is 12.0. The van der Waals surface area contributed by atoms with Gasteiger partial charge in [0.2, 0.25) is 0 Å². The molecule has 3 rings (SSSR count). The van der Waals surface area contributed by atoms with Gasteiger partial charge in [-0.3, -0.25) is 9.36 Å². The van der Waals surface area contributed by atoms with Crippen LogP contribution in [0.4, 0.5) is 5.69 Å². The van der Waals surface area contributed by atoms with E-state index in [1.165, 1.54) is 11.8 Å². The summed E-state index contributed by atoms with van der Waals surface area (Å²) in [6.45, 7) is 4.10. The molecule has 0 atom stereocenters. The summed E-state index contributed by atoms with van der Waals surface area (Å²) in [5.74, 6) is 2.12. The van der Waals surface area contributed by atoms with Crippen molar-refractivity contribution in [1.82, 2.24) is 14.8 Å². The molecule has 2 aromatic carbocycles. The lowest BCUT2D eigenvalue weighted by Gasteiger charge is -2.12. The molecule has 0 fully saturated rings. The summed E-state index contributed by atoms with van der Waals surface area (Å²) in [5, 5.41) is 12.6. The average Bonchev–Trinajstić information content (AvgIpc) is 3.19. The third kappa shape index (κ3) is 6.14. The van der Waals surface area contributed by atoms with Gasteiger partial charge < -0.3 is 19.5 Å². The number of carbonyl (C=O) groups excluding carboxylic acids is 1. The Labute approximate surface area is 185 Å². The second-order valence-electron chi connectivity index (χ2n) is 6.84. The monoisotopic (exact) mass is 442 g/mol. The van der Waals surface area contributed by atoms with E-state index in [9.17, 15) is 4.79 Å².